The number of aliphatic hydroxyl groups is 1. The second-order valence-electron chi connectivity index (χ2n) is 1.80. The van der Waals surface area contributed by atoms with E-state index >= 15 is 0 Å². The molecule has 0 unspecified atom stereocenters. The monoisotopic (exact) mass is 400 g/mol. The molecule has 0 amide bonds. The van der Waals surface area contributed by atoms with Gasteiger partial charge in [-0.05, 0) is 0 Å². The van der Waals surface area contributed by atoms with Crippen molar-refractivity contribution < 1.29 is 19.4 Å². The van der Waals surface area contributed by atoms with Crippen molar-refractivity contribution in [3.63, 3.8) is 0 Å². The van der Waals surface area contributed by atoms with E-state index in [0.717, 1.165) is 0 Å². The number of rotatable bonds is 6. The average Bonchev–Trinajstić information content (AvgIpc) is 2.03. The van der Waals surface area contributed by atoms with E-state index in [0.29, 0.717) is 6.61 Å². The van der Waals surface area contributed by atoms with Gasteiger partial charge in [-0.3, -0.25) is 4.79 Å². The molecule has 0 aliphatic rings. The number of esters is 1. The molecule has 4 nitrogen and oxygen atoms in total. The Kier molecular flexibility index (Phi) is 9.05. The second-order valence-corrected chi connectivity index (χ2v) is 6.68. The molecule has 0 fully saturated rings. The summed E-state index contributed by atoms with van der Waals surface area (Å²) in [5, 5.41) is 8.33. The Bertz CT molecular complexity index is 129. The fourth-order valence-electron chi connectivity index (χ4n) is 0.431. The summed E-state index contributed by atoms with van der Waals surface area (Å²) in [7, 11) is 0. The normalized spacial score (nSPS) is 10.3. The zero-order valence-corrected chi connectivity index (χ0v) is 10.6. The van der Waals surface area contributed by atoms with Gasteiger partial charge < -0.3 is 14.6 Å². The van der Waals surface area contributed by atoms with E-state index in [4.69, 9.17) is 14.6 Å². The zero-order valence-electron chi connectivity index (χ0n) is 6.33. The summed E-state index contributed by atoms with van der Waals surface area (Å²) >= 11 is 3.94. The van der Waals surface area contributed by atoms with Gasteiger partial charge in [0.2, 0.25) is 0 Å². The van der Waals surface area contributed by atoms with E-state index in [1.807, 2.05) is 45.2 Å². The Morgan fingerprint density at radius 3 is 2.50 bits per heavy atom. The summed E-state index contributed by atoms with van der Waals surface area (Å²) in [6, 6.07) is 0. The molecule has 12 heavy (non-hydrogen) atoms. The molecule has 0 aromatic rings. The molecule has 0 aliphatic carbocycles. The van der Waals surface area contributed by atoms with Gasteiger partial charge in [0.05, 0.1) is 19.8 Å². The number of carbonyl (C=O) groups is 1. The first-order valence-electron chi connectivity index (χ1n) is 3.32. The molecular formula is C6H10I2O4. The fourth-order valence-corrected chi connectivity index (χ4v) is 0.790. The highest BCUT2D eigenvalue weighted by Crippen LogP contribution is 2.10. The summed E-state index contributed by atoms with van der Waals surface area (Å²) in [6.45, 7) is 0.873. The minimum atomic E-state index is -0.246. The third kappa shape index (κ3) is 7.50. The number of hydrogen-bond acceptors (Lipinski definition) is 4. The molecule has 0 atom stereocenters. The quantitative estimate of drug-likeness (QED) is 0.310. The van der Waals surface area contributed by atoms with Gasteiger partial charge in [-0.25, -0.2) is 0 Å². The first-order valence-corrected chi connectivity index (χ1v) is 5.81. The largest absolute Gasteiger partial charge is 0.462 e. The van der Waals surface area contributed by atoms with Gasteiger partial charge >= 0.3 is 5.97 Å². The van der Waals surface area contributed by atoms with Crippen LogP contribution in [0.4, 0.5) is 0 Å². The van der Waals surface area contributed by atoms with Crippen molar-refractivity contribution in [3.8, 4) is 0 Å². The van der Waals surface area contributed by atoms with Crippen LogP contribution in [0.2, 0.25) is 0 Å². The maximum Gasteiger partial charge on any atom is 0.329 e. The summed E-state index contributed by atoms with van der Waals surface area (Å²) in [5.74, 6) is -0.246. The number of aliphatic hydroxyl groups excluding tert-OH is 1. The summed E-state index contributed by atoms with van der Waals surface area (Å²) in [5.41, 5.74) is 0. The highest BCUT2D eigenvalue weighted by molar-refractivity contribution is 14.2. The van der Waals surface area contributed by atoms with Crippen LogP contribution in [0.5, 0.6) is 0 Å². The number of carbonyl (C=O) groups excluding carboxylic acids is 1. The first-order chi connectivity index (χ1) is 5.68. The molecule has 0 spiro atoms. The van der Waals surface area contributed by atoms with Crippen molar-refractivity contribution in [3.05, 3.63) is 0 Å². The Morgan fingerprint density at radius 1 is 1.33 bits per heavy atom. The molecule has 0 heterocycles. The highest BCUT2D eigenvalue weighted by atomic mass is 127. The topological polar surface area (TPSA) is 55.8 Å². The van der Waals surface area contributed by atoms with Crippen LogP contribution < -0.4 is 0 Å². The van der Waals surface area contributed by atoms with E-state index in [2.05, 4.69) is 0 Å². The Morgan fingerprint density at radius 2 is 2.00 bits per heavy atom. The van der Waals surface area contributed by atoms with E-state index in [-0.39, 0.29) is 27.7 Å². The molecule has 6 heteroatoms. The van der Waals surface area contributed by atoms with Crippen molar-refractivity contribution >= 4 is 51.2 Å². The van der Waals surface area contributed by atoms with Crippen molar-refractivity contribution in [2.75, 3.05) is 26.4 Å². The van der Waals surface area contributed by atoms with Crippen LogP contribution in [0, 0.1) is 0 Å². The van der Waals surface area contributed by atoms with E-state index in [1.54, 1.807) is 0 Å². The lowest BCUT2D eigenvalue weighted by Gasteiger charge is -2.05. The van der Waals surface area contributed by atoms with Crippen molar-refractivity contribution in [2.45, 2.75) is 1.93 Å². The predicted octanol–water partition coefficient (Wildman–Crippen LogP) is 0.735. The van der Waals surface area contributed by atoms with Gasteiger partial charge in [0.1, 0.15) is 6.61 Å². The molecule has 0 rings (SSSR count). The van der Waals surface area contributed by atoms with Crippen LogP contribution in [0.15, 0.2) is 0 Å². The number of ether oxygens (including phenoxy) is 2. The standard InChI is InChI=1S/C6H10I2O4/c7-5(8)6(10)12-4-3-11-2-1-9/h5,9H,1-4H2. The van der Waals surface area contributed by atoms with Crippen LogP contribution in [-0.4, -0.2) is 39.4 Å². The number of halogens is 2. The lowest BCUT2D eigenvalue weighted by molar-refractivity contribution is -0.142. The number of alkyl halides is 2. The molecule has 0 saturated heterocycles. The van der Waals surface area contributed by atoms with Crippen LogP contribution in [0.1, 0.15) is 0 Å². The highest BCUT2D eigenvalue weighted by Gasteiger charge is 2.10. The van der Waals surface area contributed by atoms with Crippen LogP contribution >= 0.6 is 45.2 Å². The first kappa shape index (κ1) is 12.8. The van der Waals surface area contributed by atoms with E-state index in [1.165, 1.54) is 0 Å². The third-order valence-electron chi connectivity index (χ3n) is 0.886. The maximum atomic E-state index is 10.8. The lowest BCUT2D eigenvalue weighted by atomic mass is 10.7. The van der Waals surface area contributed by atoms with Gasteiger partial charge in [0, 0.05) is 0 Å². The molecular weight excluding hydrogens is 390 g/mol. The molecule has 0 aromatic heterocycles. The van der Waals surface area contributed by atoms with Crippen molar-refractivity contribution in [1.82, 2.24) is 0 Å². The smallest absolute Gasteiger partial charge is 0.329 e. The number of hydrogen-bond donors (Lipinski definition) is 1. The Labute approximate surface area is 98.3 Å². The molecule has 0 aliphatic heterocycles. The maximum absolute atomic E-state index is 10.8. The SMILES string of the molecule is O=C(OCCOCCO)C(I)I. The van der Waals surface area contributed by atoms with E-state index < -0.39 is 0 Å². The molecule has 0 bridgehead atoms. The third-order valence-corrected chi connectivity index (χ3v) is 1.90. The van der Waals surface area contributed by atoms with Crippen LogP contribution in [-0.2, 0) is 14.3 Å². The predicted molar refractivity (Wildman–Crippen MR) is 60.7 cm³/mol. The summed E-state index contributed by atoms with van der Waals surface area (Å²) < 4.78 is 9.52. The Hall–Kier alpha value is 0.850. The molecule has 72 valence electrons. The van der Waals surface area contributed by atoms with Gasteiger partial charge in [0.15, 0.2) is 1.93 Å². The molecule has 0 radical (unpaired) electrons. The minimum absolute atomic E-state index is 0.00482. The molecule has 0 aromatic carbocycles. The average molecular weight is 400 g/mol. The molecule has 1 N–H and O–H groups in total. The fraction of sp³-hybridized carbons (Fsp3) is 0.833. The van der Waals surface area contributed by atoms with Gasteiger partial charge in [-0.1, -0.05) is 45.2 Å². The van der Waals surface area contributed by atoms with Gasteiger partial charge in [-0.2, -0.15) is 0 Å². The minimum Gasteiger partial charge on any atom is -0.462 e. The summed E-state index contributed by atoms with van der Waals surface area (Å²) in [4.78, 5) is 10.8. The second kappa shape index (κ2) is 8.45. The van der Waals surface area contributed by atoms with Crippen molar-refractivity contribution in [1.29, 1.82) is 0 Å². The summed E-state index contributed by atoms with van der Waals surface area (Å²) in [6.07, 6.45) is 0. The van der Waals surface area contributed by atoms with Gasteiger partial charge in [-0.15, -0.1) is 0 Å². The van der Waals surface area contributed by atoms with Gasteiger partial charge in [0.25, 0.3) is 0 Å². The lowest BCUT2D eigenvalue weighted by Crippen LogP contribution is -2.15. The van der Waals surface area contributed by atoms with Crippen LogP contribution in [0.25, 0.3) is 0 Å². The zero-order chi connectivity index (χ0) is 9.40. The van der Waals surface area contributed by atoms with E-state index in [9.17, 15) is 4.79 Å². The Balaban J connectivity index is 3.14. The van der Waals surface area contributed by atoms with Crippen molar-refractivity contribution in [2.24, 2.45) is 0 Å². The molecule has 0 saturated carbocycles. The van der Waals surface area contributed by atoms with Crippen LogP contribution in [0.3, 0.4) is 0 Å².